The first-order valence-electron chi connectivity index (χ1n) is 10.6. The van der Waals surface area contributed by atoms with Gasteiger partial charge >= 0.3 is 11.0 Å². The van der Waals surface area contributed by atoms with Gasteiger partial charge in [0.05, 0.1) is 0 Å². The lowest BCUT2D eigenvalue weighted by Gasteiger charge is -2.08. The highest BCUT2D eigenvalue weighted by molar-refractivity contribution is 7.86. The fourth-order valence-corrected chi connectivity index (χ4v) is 2.40. The molecule has 13 nitrogen and oxygen atoms in total. The Morgan fingerprint density at radius 2 is 1.00 bits per heavy atom. The van der Waals surface area contributed by atoms with Crippen LogP contribution >= 0.6 is 0 Å². The van der Waals surface area contributed by atoms with Gasteiger partial charge in [-0.15, -0.1) is 0 Å². The van der Waals surface area contributed by atoms with Crippen molar-refractivity contribution in [1.82, 2.24) is 4.98 Å². The van der Waals surface area contributed by atoms with Gasteiger partial charge in [0.1, 0.15) is 36.9 Å². The van der Waals surface area contributed by atoms with Gasteiger partial charge in [0.15, 0.2) is 45.0 Å². The van der Waals surface area contributed by atoms with Gasteiger partial charge in [-0.3, -0.25) is 9.59 Å². The molecule has 0 saturated heterocycles. The predicted molar refractivity (Wildman–Crippen MR) is 127 cm³/mol. The Kier molecular flexibility index (Phi) is 12.0. The normalized spacial score (nSPS) is 11.7. The van der Waals surface area contributed by atoms with E-state index in [1.54, 1.807) is 42.7 Å². The van der Waals surface area contributed by atoms with Crippen LogP contribution in [0, 0.1) is 0 Å². The number of hydrogen-bond donors (Lipinski definition) is 2. The average molecular weight is 648 g/mol. The van der Waals surface area contributed by atoms with E-state index in [0.29, 0.717) is 11.4 Å². The molecule has 42 heavy (non-hydrogen) atoms. The molecule has 0 aliphatic heterocycles. The van der Waals surface area contributed by atoms with Gasteiger partial charge < -0.3 is 19.7 Å². The number of rotatable bonds is 4. The fourth-order valence-electron chi connectivity index (χ4n) is 2.40. The van der Waals surface area contributed by atoms with Gasteiger partial charge in [0, 0.05) is 12.1 Å². The van der Waals surface area contributed by atoms with Crippen LogP contribution in [0.25, 0.3) is 0 Å². The third-order valence-electron chi connectivity index (χ3n) is 4.18. The highest BCUT2D eigenvalue weighted by atomic mass is 32.2. The van der Waals surface area contributed by atoms with E-state index in [1.807, 2.05) is 47.8 Å². The van der Waals surface area contributed by atoms with Crippen molar-refractivity contribution >= 4 is 43.4 Å². The summed E-state index contributed by atoms with van der Waals surface area (Å²) in [4.78, 5) is 28.9. The Morgan fingerprint density at radius 1 is 0.690 bits per heavy atom. The van der Waals surface area contributed by atoms with Gasteiger partial charge in [-0.1, -0.05) is 6.07 Å². The molecular weight excluding hydrogens is 628 g/mol. The van der Waals surface area contributed by atoms with Gasteiger partial charge in [-0.25, -0.2) is 31.0 Å². The van der Waals surface area contributed by atoms with Crippen molar-refractivity contribution in [1.29, 1.82) is 0 Å². The Labute approximate surface area is 233 Å². The van der Waals surface area contributed by atoms with E-state index < -0.39 is 31.3 Å². The van der Waals surface area contributed by atoms with Crippen LogP contribution < -0.4 is 19.8 Å². The second-order valence-electron chi connectivity index (χ2n) is 7.63. The van der Waals surface area contributed by atoms with Crippen molar-refractivity contribution in [3.63, 3.8) is 0 Å². The molecule has 0 atom stereocenters. The number of nitrogens with zero attached hydrogens (tertiary/aromatic N) is 3. The zero-order valence-corrected chi connectivity index (χ0v) is 22.7. The number of pyridine rings is 3. The lowest BCUT2D eigenvalue weighted by molar-refractivity contribution is -0.670. The molecule has 2 amide bonds. The van der Waals surface area contributed by atoms with Crippen molar-refractivity contribution in [2.45, 2.75) is 11.0 Å². The smallest absolute Gasteiger partial charge is 0.485 e. The number of aryl methyl sites for hydroxylation is 2. The minimum atomic E-state index is -6.09. The van der Waals surface area contributed by atoms with Crippen LogP contribution in [0.3, 0.4) is 0 Å². The van der Waals surface area contributed by atoms with E-state index in [9.17, 15) is 35.9 Å². The quantitative estimate of drug-likeness (QED) is 0.182. The number of anilines is 2. The third kappa shape index (κ3) is 12.1. The van der Waals surface area contributed by atoms with E-state index in [1.165, 1.54) is 0 Å². The monoisotopic (exact) mass is 647 g/mol. The number of alkyl halides is 6. The van der Waals surface area contributed by atoms with E-state index >= 15 is 0 Å². The van der Waals surface area contributed by atoms with E-state index in [4.69, 9.17) is 25.9 Å². The van der Waals surface area contributed by atoms with Crippen LogP contribution in [-0.4, -0.2) is 53.8 Å². The van der Waals surface area contributed by atoms with E-state index in [0.717, 1.165) is 0 Å². The van der Waals surface area contributed by atoms with Crippen molar-refractivity contribution in [3.05, 3.63) is 78.6 Å². The highest BCUT2D eigenvalue weighted by Crippen LogP contribution is 2.21. The van der Waals surface area contributed by atoms with Crippen molar-refractivity contribution in [3.8, 4) is 0 Å². The number of carbonyl (C=O) groups is 2. The zero-order chi connectivity index (χ0) is 32.5. The summed E-state index contributed by atoms with van der Waals surface area (Å²) in [7, 11) is -8.45. The van der Waals surface area contributed by atoms with Crippen molar-refractivity contribution in [2.24, 2.45) is 14.1 Å². The summed E-state index contributed by atoms with van der Waals surface area (Å²) in [5.41, 5.74) is -9.66. The second-order valence-corrected chi connectivity index (χ2v) is 10.4. The summed E-state index contributed by atoms with van der Waals surface area (Å²) >= 11 is 0. The van der Waals surface area contributed by atoms with Crippen LogP contribution in [-0.2, 0) is 34.3 Å². The summed E-state index contributed by atoms with van der Waals surface area (Å²) in [6.07, 6.45) is 7.29. The molecule has 0 radical (unpaired) electrons. The van der Waals surface area contributed by atoms with Crippen LogP contribution in [0.15, 0.2) is 67.3 Å². The Bertz CT molecular complexity index is 1520. The minimum Gasteiger partial charge on any atom is -0.741 e. The summed E-state index contributed by atoms with van der Waals surface area (Å²) in [5, 5.41) is 5.53. The summed E-state index contributed by atoms with van der Waals surface area (Å²) in [5.74, 6) is -0.756. The van der Waals surface area contributed by atoms with Crippen LogP contribution in [0.4, 0.5) is 37.7 Å². The molecule has 21 heteroatoms. The molecular formula is C21H19F6N5O8S2. The summed E-state index contributed by atoms with van der Waals surface area (Å²) in [6, 6.07) is 12.0. The number of aromatic nitrogens is 3. The maximum absolute atomic E-state index is 12.4. The molecule has 230 valence electrons. The summed E-state index contributed by atoms with van der Waals surface area (Å²) in [6.45, 7) is 0. The molecule has 0 aliphatic carbocycles. The molecule has 0 aromatic carbocycles. The molecule has 0 saturated carbocycles. The number of halogens is 6. The number of amides is 2. The molecule has 0 unspecified atom stereocenters. The van der Waals surface area contributed by atoms with Crippen molar-refractivity contribution in [2.75, 3.05) is 10.6 Å². The molecule has 3 aromatic heterocycles. The molecule has 2 N–H and O–H groups in total. The maximum Gasteiger partial charge on any atom is 0.485 e. The van der Waals surface area contributed by atoms with Gasteiger partial charge in [0.25, 0.3) is 11.8 Å². The second kappa shape index (κ2) is 14.1. The molecule has 0 fully saturated rings. The topological polar surface area (TPSA) is 193 Å². The fraction of sp³-hybridized carbons (Fsp3) is 0.190. The minimum absolute atomic E-state index is 0.169. The SMILES string of the molecule is C[n+]1cccc(NC(=O)c2cccc(C(=O)Nc3ccc[n+](C)c3)n2)c1.O=S(=O)([O-])C(F)(F)F.O=S(=O)([O-])C(F)(F)F. The first kappa shape index (κ1) is 35.8. The van der Waals surface area contributed by atoms with E-state index in [-0.39, 0.29) is 23.2 Å². The van der Waals surface area contributed by atoms with Crippen molar-refractivity contribution < 1.29 is 71.0 Å². The van der Waals surface area contributed by atoms with Crippen LogP contribution in [0.5, 0.6) is 0 Å². The van der Waals surface area contributed by atoms with Crippen LogP contribution in [0.1, 0.15) is 21.0 Å². The van der Waals surface area contributed by atoms with Gasteiger partial charge in [-0.2, -0.15) is 26.3 Å². The third-order valence-corrected chi connectivity index (χ3v) is 5.31. The Balaban J connectivity index is 0.000000454. The molecule has 3 aromatic rings. The predicted octanol–water partition coefficient (Wildman–Crippen LogP) is 1.34. The molecule has 0 aliphatic rings. The summed E-state index contributed by atoms with van der Waals surface area (Å²) < 4.78 is 121. The largest absolute Gasteiger partial charge is 0.741 e. The number of hydrogen-bond acceptors (Lipinski definition) is 9. The highest BCUT2D eigenvalue weighted by Gasteiger charge is 2.37. The first-order chi connectivity index (χ1) is 19.0. The molecule has 3 rings (SSSR count). The molecule has 3 heterocycles. The van der Waals surface area contributed by atoms with Gasteiger partial charge in [0.2, 0.25) is 0 Å². The lowest BCUT2D eigenvalue weighted by atomic mass is 10.2. The van der Waals surface area contributed by atoms with Gasteiger partial charge in [-0.05, 0) is 24.3 Å². The lowest BCUT2D eigenvalue weighted by Crippen LogP contribution is -2.28. The molecule has 0 bridgehead atoms. The number of nitrogens with one attached hydrogen (secondary N) is 2. The number of carbonyl (C=O) groups excluding carboxylic acids is 2. The Morgan fingerprint density at radius 3 is 1.26 bits per heavy atom. The first-order valence-corrected chi connectivity index (χ1v) is 13.4. The maximum atomic E-state index is 12.4. The van der Waals surface area contributed by atoms with Crippen LogP contribution in [0.2, 0.25) is 0 Å². The van der Waals surface area contributed by atoms with E-state index in [2.05, 4.69) is 15.6 Å². The molecule has 0 spiro atoms. The Hall–Kier alpha value is -4.21. The average Bonchev–Trinajstić information content (AvgIpc) is 2.82. The standard InChI is InChI=1S/C19H17N5O2.2CHF3O3S/c1-23-10-4-6-14(12-23)20-18(25)16-8-3-9-17(22-16)19(26)21-15-7-5-11-24(2)13-15;2*2-1(3,4)8(5,6)7/h3-13H,1-2H3;2*(H,5,6,7). The zero-order valence-electron chi connectivity index (χ0n) is 21.0.